The van der Waals surface area contributed by atoms with Crippen LogP contribution in [0.5, 0.6) is 0 Å². The van der Waals surface area contributed by atoms with Crippen LogP contribution in [-0.2, 0) is 6.18 Å². The minimum Gasteiger partial charge on any atom is -0.269 e. The second kappa shape index (κ2) is 3.29. The zero-order valence-corrected chi connectivity index (χ0v) is 8.12. The lowest BCUT2D eigenvalue weighted by atomic mass is 10.2. The monoisotopic (exact) mass is 229 g/mol. The molecule has 0 aromatic carbocycles. The van der Waals surface area contributed by atoms with Gasteiger partial charge in [0.1, 0.15) is 0 Å². The minimum absolute atomic E-state index is 0.120. The number of hydrogen-bond donors (Lipinski definition) is 0. The second-order valence-electron chi connectivity index (χ2n) is 3.19. The zero-order valence-electron chi connectivity index (χ0n) is 8.12. The van der Waals surface area contributed by atoms with E-state index in [-0.39, 0.29) is 5.65 Å². The van der Waals surface area contributed by atoms with E-state index in [9.17, 15) is 18.0 Å². The van der Waals surface area contributed by atoms with Crippen molar-refractivity contribution in [3.63, 3.8) is 0 Å². The first-order valence-corrected chi connectivity index (χ1v) is 4.31. The number of fused-ring (bicyclic) bond motifs is 1. The summed E-state index contributed by atoms with van der Waals surface area (Å²) in [5.41, 5.74) is -2.44. The third-order valence-corrected chi connectivity index (χ3v) is 2.13. The fourth-order valence-electron chi connectivity index (χ4n) is 1.36. The maximum atomic E-state index is 12.5. The van der Waals surface area contributed by atoms with Gasteiger partial charge in [0.25, 0.3) is 5.56 Å². The quantitative estimate of drug-likeness (QED) is 0.686. The third-order valence-electron chi connectivity index (χ3n) is 2.13. The van der Waals surface area contributed by atoms with E-state index in [0.29, 0.717) is 0 Å². The molecule has 2 heterocycles. The van der Waals surface area contributed by atoms with Crippen LogP contribution in [-0.4, -0.2) is 14.4 Å². The minimum atomic E-state index is -4.63. The van der Waals surface area contributed by atoms with E-state index in [4.69, 9.17) is 0 Å². The molecule has 0 aliphatic rings. The van der Waals surface area contributed by atoms with Crippen LogP contribution >= 0.6 is 0 Å². The maximum absolute atomic E-state index is 12.5. The Labute approximate surface area is 87.4 Å². The normalized spacial score (nSPS) is 12.0. The summed E-state index contributed by atoms with van der Waals surface area (Å²) in [7, 11) is 0. The van der Waals surface area contributed by atoms with Crippen LogP contribution in [0.3, 0.4) is 0 Å². The fourth-order valence-corrected chi connectivity index (χ4v) is 1.36. The van der Waals surface area contributed by atoms with E-state index in [1.807, 2.05) is 0 Å². The van der Waals surface area contributed by atoms with Crippen LogP contribution in [0.25, 0.3) is 5.65 Å². The van der Waals surface area contributed by atoms with Gasteiger partial charge < -0.3 is 0 Å². The van der Waals surface area contributed by atoms with E-state index in [1.165, 1.54) is 12.4 Å². The molecule has 0 aliphatic carbocycles. The van der Waals surface area contributed by atoms with Crippen molar-refractivity contribution in [2.75, 3.05) is 0 Å². The molecule has 0 amide bonds. The zero-order chi connectivity index (χ0) is 11.9. The molecule has 0 saturated carbocycles. The first kappa shape index (κ1) is 10.6. The molecule has 0 aliphatic heterocycles. The Bertz CT molecular complexity index is 603. The van der Waals surface area contributed by atoms with Crippen molar-refractivity contribution in [1.82, 2.24) is 14.4 Å². The first-order valence-electron chi connectivity index (χ1n) is 4.31. The predicted molar refractivity (Wildman–Crippen MR) is 49.0 cm³/mol. The van der Waals surface area contributed by atoms with Crippen LogP contribution in [0.1, 0.15) is 11.3 Å². The van der Waals surface area contributed by atoms with Crippen molar-refractivity contribution in [1.29, 1.82) is 0 Å². The molecule has 7 heteroatoms. The van der Waals surface area contributed by atoms with Gasteiger partial charge in [0.05, 0.1) is 6.20 Å². The molecule has 2 rings (SSSR count). The van der Waals surface area contributed by atoms with Crippen molar-refractivity contribution in [3.05, 3.63) is 40.2 Å². The van der Waals surface area contributed by atoms with Gasteiger partial charge in [-0.25, -0.2) is 4.98 Å². The van der Waals surface area contributed by atoms with E-state index in [0.717, 1.165) is 17.5 Å². The molecule has 0 unspecified atom stereocenters. The molecule has 2 aromatic rings. The van der Waals surface area contributed by atoms with Crippen LogP contribution in [0.15, 0.2) is 23.4 Å². The van der Waals surface area contributed by atoms with Crippen LogP contribution in [0.2, 0.25) is 0 Å². The molecule has 0 saturated heterocycles. The van der Waals surface area contributed by atoms with Crippen molar-refractivity contribution in [2.24, 2.45) is 0 Å². The summed E-state index contributed by atoms with van der Waals surface area (Å²) in [6.45, 7) is 1.10. The molecule has 4 nitrogen and oxygen atoms in total. The summed E-state index contributed by atoms with van der Waals surface area (Å²) in [4.78, 5) is 18.6. The van der Waals surface area contributed by atoms with Gasteiger partial charge in [0, 0.05) is 18.0 Å². The molecule has 84 valence electrons. The molecule has 0 radical (unpaired) electrons. The SMILES string of the molecule is Cc1c(C(F)(F)F)nc2cnccn2c1=O. The molecule has 16 heavy (non-hydrogen) atoms. The van der Waals surface area contributed by atoms with E-state index in [2.05, 4.69) is 9.97 Å². The predicted octanol–water partition coefficient (Wildman–Crippen LogP) is 1.42. The number of alkyl halides is 3. The van der Waals surface area contributed by atoms with Gasteiger partial charge in [-0.05, 0) is 6.92 Å². The molecule has 2 aromatic heterocycles. The molecule has 0 fully saturated rings. The van der Waals surface area contributed by atoms with Gasteiger partial charge in [0.2, 0.25) is 0 Å². The lowest BCUT2D eigenvalue weighted by Gasteiger charge is -2.09. The van der Waals surface area contributed by atoms with Gasteiger partial charge >= 0.3 is 6.18 Å². The molecular formula is C9H6F3N3O. The molecule has 0 bridgehead atoms. The lowest BCUT2D eigenvalue weighted by molar-refractivity contribution is -0.141. The van der Waals surface area contributed by atoms with Crippen molar-refractivity contribution in [3.8, 4) is 0 Å². The van der Waals surface area contributed by atoms with E-state index >= 15 is 0 Å². The van der Waals surface area contributed by atoms with Crippen LogP contribution < -0.4 is 5.56 Å². The molecule has 0 atom stereocenters. The van der Waals surface area contributed by atoms with Crippen molar-refractivity contribution >= 4 is 5.65 Å². The molecule has 0 spiro atoms. The highest BCUT2D eigenvalue weighted by Crippen LogP contribution is 2.28. The Morgan fingerprint density at radius 3 is 2.69 bits per heavy atom. The highest BCUT2D eigenvalue weighted by atomic mass is 19.4. The number of hydrogen-bond acceptors (Lipinski definition) is 3. The summed E-state index contributed by atoms with van der Waals surface area (Å²) < 4.78 is 38.6. The summed E-state index contributed by atoms with van der Waals surface area (Å²) in [6.07, 6.45) is -0.940. The van der Waals surface area contributed by atoms with Crippen molar-refractivity contribution in [2.45, 2.75) is 13.1 Å². The van der Waals surface area contributed by atoms with E-state index in [1.54, 1.807) is 0 Å². The topological polar surface area (TPSA) is 47.3 Å². The Kier molecular flexibility index (Phi) is 2.18. The Morgan fingerprint density at radius 1 is 1.38 bits per heavy atom. The average Bonchev–Trinajstić information content (AvgIpc) is 2.22. The number of aromatic nitrogens is 3. The highest BCUT2D eigenvalue weighted by molar-refractivity contribution is 5.38. The summed E-state index contributed by atoms with van der Waals surface area (Å²) in [6, 6.07) is 0. The first-order chi connectivity index (χ1) is 7.41. The standard InChI is InChI=1S/C9H6F3N3O/c1-5-7(9(10,11)12)14-6-4-13-2-3-15(6)8(5)16/h2-4H,1H3. The average molecular weight is 229 g/mol. The number of nitrogens with zero attached hydrogens (tertiary/aromatic N) is 3. The molecule has 0 N–H and O–H groups in total. The van der Waals surface area contributed by atoms with Crippen molar-refractivity contribution < 1.29 is 13.2 Å². The van der Waals surface area contributed by atoms with Gasteiger partial charge in [0.15, 0.2) is 11.3 Å². The summed E-state index contributed by atoms with van der Waals surface area (Å²) >= 11 is 0. The lowest BCUT2D eigenvalue weighted by Crippen LogP contribution is -2.24. The highest BCUT2D eigenvalue weighted by Gasteiger charge is 2.36. The van der Waals surface area contributed by atoms with Gasteiger partial charge in [-0.3, -0.25) is 14.2 Å². The number of halogens is 3. The fraction of sp³-hybridized carbons (Fsp3) is 0.222. The maximum Gasteiger partial charge on any atom is 0.433 e. The van der Waals surface area contributed by atoms with E-state index < -0.39 is 23.0 Å². The smallest absolute Gasteiger partial charge is 0.269 e. The van der Waals surface area contributed by atoms with Gasteiger partial charge in [-0.15, -0.1) is 0 Å². The van der Waals surface area contributed by atoms with Gasteiger partial charge in [-0.1, -0.05) is 0 Å². The number of rotatable bonds is 0. The largest absolute Gasteiger partial charge is 0.433 e. The van der Waals surface area contributed by atoms with Crippen LogP contribution in [0, 0.1) is 6.92 Å². The second-order valence-corrected chi connectivity index (χ2v) is 3.19. The Morgan fingerprint density at radius 2 is 2.06 bits per heavy atom. The Balaban J connectivity index is 2.90. The van der Waals surface area contributed by atoms with Crippen LogP contribution in [0.4, 0.5) is 13.2 Å². The molecular weight excluding hydrogens is 223 g/mol. The summed E-state index contributed by atoms with van der Waals surface area (Å²) in [5, 5.41) is 0. The summed E-state index contributed by atoms with van der Waals surface area (Å²) in [5.74, 6) is 0. The van der Waals surface area contributed by atoms with Gasteiger partial charge in [-0.2, -0.15) is 13.2 Å². The third kappa shape index (κ3) is 1.54. The Hall–Kier alpha value is -1.92.